The molecule has 0 spiro atoms. The van der Waals surface area contributed by atoms with Gasteiger partial charge in [0.1, 0.15) is 11.5 Å². The highest BCUT2D eigenvalue weighted by Crippen LogP contribution is 2.05. The highest BCUT2D eigenvalue weighted by atomic mass is 16.2. The fourth-order valence-corrected chi connectivity index (χ4v) is 1.32. The number of hydrogen-bond acceptors (Lipinski definition) is 4. The number of aromatic amines is 1. The maximum Gasteiger partial charge on any atom is 0.269 e. The van der Waals surface area contributed by atoms with Gasteiger partial charge in [0.2, 0.25) is 0 Å². The summed E-state index contributed by atoms with van der Waals surface area (Å²) in [5.41, 5.74) is 6.85. The van der Waals surface area contributed by atoms with Crippen LogP contribution < -0.4 is 11.1 Å². The van der Waals surface area contributed by atoms with Gasteiger partial charge in [-0.15, -0.1) is 0 Å². The molecule has 0 saturated carbocycles. The van der Waals surface area contributed by atoms with Crippen molar-refractivity contribution < 1.29 is 4.79 Å². The number of nitrogens with two attached hydrogens (primary N) is 1. The second-order valence-electron chi connectivity index (χ2n) is 3.33. The molecule has 7 nitrogen and oxygen atoms in total. The summed E-state index contributed by atoms with van der Waals surface area (Å²) < 4.78 is 1.51. The van der Waals surface area contributed by atoms with Crippen LogP contribution in [0.2, 0.25) is 0 Å². The van der Waals surface area contributed by atoms with Crippen molar-refractivity contribution in [2.75, 3.05) is 5.73 Å². The van der Waals surface area contributed by atoms with Gasteiger partial charge in [-0.3, -0.25) is 14.6 Å². The quantitative estimate of drug-likeness (QED) is 0.658. The molecule has 0 atom stereocenters. The van der Waals surface area contributed by atoms with Crippen LogP contribution in [-0.2, 0) is 13.6 Å². The first-order valence-corrected chi connectivity index (χ1v) is 4.72. The summed E-state index contributed by atoms with van der Waals surface area (Å²) in [6.07, 6.45) is 3.15. The number of H-pyrrole nitrogens is 1. The van der Waals surface area contributed by atoms with E-state index in [-0.39, 0.29) is 5.91 Å². The lowest BCUT2D eigenvalue weighted by Crippen LogP contribution is -2.25. The van der Waals surface area contributed by atoms with Crippen molar-refractivity contribution in [3.05, 3.63) is 29.7 Å². The van der Waals surface area contributed by atoms with Crippen LogP contribution in [0.4, 0.5) is 5.82 Å². The molecule has 0 aliphatic rings. The van der Waals surface area contributed by atoms with E-state index in [1.807, 2.05) is 0 Å². The zero-order chi connectivity index (χ0) is 11.5. The van der Waals surface area contributed by atoms with Gasteiger partial charge >= 0.3 is 0 Å². The van der Waals surface area contributed by atoms with Crippen molar-refractivity contribution in [3.63, 3.8) is 0 Å². The van der Waals surface area contributed by atoms with Gasteiger partial charge in [0, 0.05) is 25.4 Å². The van der Waals surface area contributed by atoms with Crippen LogP contribution in [0.3, 0.4) is 0 Å². The van der Waals surface area contributed by atoms with Gasteiger partial charge in [-0.25, -0.2) is 0 Å². The van der Waals surface area contributed by atoms with E-state index < -0.39 is 0 Å². The Morgan fingerprint density at radius 2 is 2.50 bits per heavy atom. The lowest BCUT2D eigenvalue weighted by Gasteiger charge is -2.04. The average molecular weight is 220 g/mol. The molecule has 1 amide bonds. The number of anilines is 1. The molecular weight excluding hydrogens is 208 g/mol. The van der Waals surface area contributed by atoms with Crippen LogP contribution in [0.1, 0.15) is 16.1 Å². The number of carbonyl (C=O) groups is 1. The predicted octanol–water partition coefficient (Wildman–Crippen LogP) is -0.345. The first kappa shape index (κ1) is 10.2. The smallest absolute Gasteiger partial charge is 0.269 e. The largest absolute Gasteiger partial charge is 0.384 e. The molecule has 2 rings (SSSR count). The normalized spacial score (nSPS) is 10.3. The van der Waals surface area contributed by atoms with Crippen molar-refractivity contribution in [2.24, 2.45) is 7.05 Å². The van der Waals surface area contributed by atoms with Gasteiger partial charge in [-0.2, -0.15) is 10.2 Å². The average Bonchev–Trinajstić information content (AvgIpc) is 2.84. The van der Waals surface area contributed by atoms with Gasteiger partial charge in [0.15, 0.2) is 0 Å². The minimum absolute atomic E-state index is 0.194. The third kappa shape index (κ3) is 1.88. The van der Waals surface area contributed by atoms with E-state index in [9.17, 15) is 4.79 Å². The van der Waals surface area contributed by atoms with Crippen LogP contribution >= 0.6 is 0 Å². The molecule has 0 bridgehead atoms. The number of nitrogens with zero attached hydrogens (tertiary/aromatic N) is 3. The third-order valence-electron chi connectivity index (χ3n) is 2.24. The highest BCUT2D eigenvalue weighted by molar-refractivity contribution is 5.92. The lowest BCUT2D eigenvalue weighted by atomic mass is 10.3. The monoisotopic (exact) mass is 220 g/mol. The Morgan fingerprint density at radius 1 is 1.69 bits per heavy atom. The Labute approximate surface area is 91.6 Å². The number of nitrogens with one attached hydrogen (secondary N) is 2. The number of aryl methyl sites for hydroxylation is 1. The van der Waals surface area contributed by atoms with Crippen molar-refractivity contribution in [2.45, 2.75) is 6.54 Å². The maximum atomic E-state index is 11.7. The summed E-state index contributed by atoms with van der Waals surface area (Å²) in [6, 6.07) is 1.65. The fourth-order valence-electron chi connectivity index (χ4n) is 1.32. The molecule has 0 radical (unpaired) electrons. The van der Waals surface area contributed by atoms with Crippen LogP contribution in [0.25, 0.3) is 0 Å². The van der Waals surface area contributed by atoms with Crippen molar-refractivity contribution in [1.29, 1.82) is 0 Å². The van der Waals surface area contributed by atoms with E-state index in [0.717, 1.165) is 5.56 Å². The topological polar surface area (TPSA) is 102 Å². The summed E-state index contributed by atoms with van der Waals surface area (Å²) in [5, 5.41) is 13.0. The molecule has 2 aromatic heterocycles. The summed E-state index contributed by atoms with van der Waals surface area (Å²) in [6.45, 7) is 0.340. The molecule has 0 unspecified atom stereocenters. The standard InChI is InChI=1S/C9H12N6O/c1-15-7(2-3-13-15)9(16)11-4-6-5-12-14-8(6)10/h2-3,5H,4H2,1H3,(H,11,16)(H3,10,12,14). The summed E-state index contributed by atoms with van der Waals surface area (Å²) in [4.78, 5) is 11.7. The molecule has 7 heteroatoms. The second-order valence-corrected chi connectivity index (χ2v) is 3.33. The van der Waals surface area contributed by atoms with E-state index >= 15 is 0 Å². The summed E-state index contributed by atoms with van der Waals surface area (Å²) >= 11 is 0. The number of amides is 1. The molecule has 0 fully saturated rings. The molecule has 0 saturated heterocycles. The SMILES string of the molecule is Cn1nccc1C(=O)NCc1cn[nH]c1N. The Bertz CT molecular complexity index is 500. The Morgan fingerprint density at radius 3 is 3.06 bits per heavy atom. The molecular formula is C9H12N6O. The number of aromatic nitrogens is 4. The summed E-state index contributed by atoms with van der Waals surface area (Å²) in [5.74, 6) is 0.269. The molecule has 0 aliphatic carbocycles. The number of carbonyl (C=O) groups excluding carboxylic acids is 1. The molecule has 84 valence electrons. The molecule has 16 heavy (non-hydrogen) atoms. The van der Waals surface area contributed by atoms with Crippen molar-refractivity contribution in [1.82, 2.24) is 25.3 Å². The van der Waals surface area contributed by atoms with E-state index in [2.05, 4.69) is 20.6 Å². The van der Waals surface area contributed by atoms with E-state index in [1.165, 1.54) is 4.68 Å². The zero-order valence-electron chi connectivity index (χ0n) is 8.77. The van der Waals surface area contributed by atoms with Gasteiger partial charge in [0.05, 0.1) is 6.20 Å². The van der Waals surface area contributed by atoms with E-state index in [4.69, 9.17) is 5.73 Å². The highest BCUT2D eigenvalue weighted by Gasteiger charge is 2.10. The minimum Gasteiger partial charge on any atom is -0.384 e. The lowest BCUT2D eigenvalue weighted by molar-refractivity contribution is 0.0941. The fraction of sp³-hybridized carbons (Fsp3) is 0.222. The van der Waals surface area contributed by atoms with Crippen LogP contribution in [0.5, 0.6) is 0 Å². The Hall–Kier alpha value is -2.31. The van der Waals surface area contributed by atoms with Crippen molar-refractivity contribution in [3.8, 4) is 0 Å². The minimum atomic E-state index is -0.194. The Kier molecular flexibility index (Phi) is 2.59. The Balaban J connectivity index is 1.99. The maximum absolute atomic E-state index is 11.7. The number of rotatable bonds is 3. The first-order valence-electron chi connectivity index (χ1n) is 4.72. The molecule has 0 aromatic carbocycles. The predicted molar refractivity (Wildman–Crippen MR) is 57.4 cm³/mol. The van der Waals surface area contributed by atoms with E-state index in [1.54, 1.807) is 25.5 Å². The van der Waals surface area contributed by atoms with Gasteiger partial charge in [-0.05, 0) is 6.07 Å². The molecule has 2 heterocycles. The van der Waals surface area contributed by atoms with Gasteiger partial charge < -0.3 is 11.1 Å². The van der Waals surface area contributed by atoms with Crippen LogP contribution in [-0.4, -0.2) is 25.9 Å². The molecule has 4 N–H and O–H groups in total. The van der Waals surface area contributed by atoms with Crippen molar-refractivity contribution >= 4 is 11.7 Å². The van der Waals surface area contributed by atoms with Gasteiger partial charge in [-0.1, -0.05) is 0 Å². The van der Waals surface area contributed by atoms with Crippen LogP contribution in [0.15, 0.2) is 18.5 Å². The summed E-state index contributed by atoms with van der Waals surface area (Å²) in [7, 11) is 1.71. The number of hydrogen-bond donors (Lipinski definition) is 3. The molecule has 2 aromatic rings. The van der Waals surface area contributed by atoms with E-state index in [0.29, 0.717) is 18.1 Å². The second kappa shape index (κ2) is 4.05. The third-order valence-corrected chi connectivity index (χ3v) is 2.24. The first-order chi connectivity index (χ1) is 7.68. The zero-order valence-corrected chi connectivity index (χ0v) is 8.77. The van der Waals surface area contributed by atoms with Crippen LogP contribution in [0, 0.1) is 0 Å². The molecule has 0 aliphatic heterocycles. The number of nitrogen functional groups attached to an aromatic ring is 1. The van der Waals surface area contributed by atoms with Gasteiger partial charge in [0.25, 0.3) is 5.91 Å².